The Morgan fingerprint density at radius 2 is 2.19 bits per heavy atom. The standard InChI is InChI=1S/C18H27N5O3/c1-21(2)12-17(25)15-8-14-11-22(5-4-6-23(14)20-15)10-13-7-16(24)18(26-3)9-19-13/h7-9,17,25H,4-6,10-12H2,1-3H3,(H,19,24). The molecular weight excluding hydrogens is 334 g/mol. The second-order valence-electron chi connectivity index (χ2n) is 7.02. The van der Waals surface area contributed by atoms with Crippen molar-refractivity contribution < 1.29 is 9.84 Å². The monoisotopic (exact) mass is 361 g/mol. The second kappa shape index (κ2) is 8.03. The summed E-state index contributed by atoms with van der Waals surface area (Å²) in [7, 11) is 5.35. The Morgan fingerprint density at radius 3 is 2.88 bits per heavy atom. The molecule has 26 heavy (non-hydrogen) atoms. The van der Waals surface area contributed by atoms with Crippen molar-refractivity contribution in [3.8, 4) is 5.75 Å². The number of aromatic amines is 1. The quantitative estimate of drug-likeness (QED) is 0.783. The van der Waals surface area contributed by atoms with Crippen LogP contribution in [-0.2, 0) is 19.6 Å². The number of nitrogens with zero attached hydrogens (tertiary/aromatic N) is 4. The molecule has 0 radical (unpaired) electrons. The minimum Gasteiger partial charge on any atom is -0.491 e. The zero-order chi connectivity index (χ0) is 18.7. The van der Waals surface area contributed by atoms with Gasteiger partial charge in [0, 0.05) is 50.7 Å². The maximum atomic E-state index is 11.9. The van der Waals surface area contributed by atoms with Crippen LogP contribution in [0.25, 0.3) is 0 Å². The predicted octanol–water partition coefficient (Wildman–Crippen LogP) is 0.581. The van der Waals surface area contributed by atoms with E-state index in [9.17, 15) is 9.90 Å². The van der Waals surface area contributed by atoms with Crippen LogP contribution in [0.5, 0.6) is 5.75 Å². The van der Waals surface area contributed by atoms with Crippen molar-refractivity contribution in [1.29, 1.82) is 0 Å². The molecule has 1 atom stereocenters. The van der Waals surface area contributed by atoms with Gasteiger partial charge in [0.2, 0.25) is 5.43 Å². The van der Waals surface area contributed by atoms with Crippen molar-refractivity contribution in [2.75, 3.05) is 34.3 Å². The Balaban J connectivity index is 1.72. The largest absolute Gasteiger partial charge is 0.491 e. The molecule has 3 heterocycles. The fourth-order valence-corrected chi connectivity index (χ4v) is 3.28. The van der Waals surface area contributed by atoms with E-state index in [-0.39, 0.29) is 5.43 Å². The third kappa shape index (κ3) is 4.32. The van der Waals surface area contributed by atoms with Gasteiger partial charge in [0.15, 0.2) is 5.75 Å². The fourth-order valence-electron chi connectivity index (χ4n) is 3.28. The molecule has 3 rings (SSSR count). The number of pyridine rings is 1. The van der Waals surface area contributed by atoms with Crippen LogP contribution in [0.1, 0.15) is 29.6 Å². The van der Waals surface area contributed by atoms with Crippen molar-refractivity contribution in [1.82, 2.24) is 24.6 Å². The zero-order valence-electron chi connectivity index (χ0n) is 15.6. The Morgan fingerprint density at radius 1 is 1.38 bits per heavy atom. The number of H-pyrrole nitrogens is 1. The minimum absolute atomic E-state index is 0.116. The van der Waals surface area contributed by atoms with Crippen LogP contribution < -0.4 is 10.2 Å². The van der Waals surface area contributed by atoms with E-state index in [0.717, 1.165) is 37.4 Å². The van der Waals surface area contributed by atoms with Gasteiger partial charge >= 0.3 is 0 Å². The number of aliphatic hydroxyl groups is 1. The molecule has 2 aromatic heterocycles. The predicted molar refractivity (Wildman–Crippen MR) is 98.1 cm³/mol. The molecule has 0 saturated carbocycles. The van der Waals surface area contributed by atoms with E-state index >= 15 is 0 Å². The van der Waals surface area contributed by atoms with E-state index in [1.165, 1.54) is 7.11 Å². The molecule has 0 bridgehead atoms. The number of hydrogen-bond donors (Lipinski definition) is 2. The SMILES string of the molecule is COc1c[nH]c(CN2CCCn3nc(C(O)CN(C)C)cc3C2)cc1=O. The summed E-state index contributed by atoms with van der Waals surface area (Å²) >= 11 is 0. The van der Waals surface area contributed by atoms with E-state index in [1.54, 1.807) is 12.3 Å². The molecule has 0 saturated heterocycles. The van der Waals surface area contributed by atoms with Crippen molar-refractivity contribution in [2.24, 2.45) is 0 Å². The molecule has 2 aromatic rings. The van der Waals surface area contributed by atoms with Crippen LogP contribution in [0.2, 0.25) is 0 Å². The van der Waals surface area contributed by atoms with Crippen LogP contribution in [0.15, 0.2) is 23.1 Å². The van der Waals surface area contributed by atoms with Crippen molar-refractivity contribution in [3.63, 3.8) is 0 Å². The first-order valence-electron chi connectivity index (χ1n) is 8.83. The maximum absolute atomic E-state index is 11.9. The molecule has 1 unspecified atom stereocenters. The lowest BCUT2D eigenvalue weighted by molar-refractivity contribution is 0.133. The third-order valence-corrected chi connectivity index (χ3v) is 4.54. The normalized spacial score (nSPS) is 16.3. The van der Waals surface area contributed by atoms with Gasteiger partial charge in [0.05, 0.1) is 18.5 Å². The van der Waals surface area contributed by atoms with Crippen LogP contribution in [0, 0.1) is 0 Å². The highest BCUT2D eigenvalue weighted by molar-refractivity contribution is 5.20. The van der Waals surface area contributed by atoms with Crippen molar-refractivity contribution in [3.05, 3.63) is 45.6 Å². The summed E-state index contributed by atoms with van der Waals surface area (Å²) in [5.74, 6) is 0.321. The van der Waals surface area contributed by atoms with Gasteiger partial charge in [-0.3, -0.25) is 14.4 Å². The molecule has 0 aliphatic carbocycles. The van der Waals surface area contributed by atoms with Crippen LogP contribution >= 0.6 is 0 Å². The lowest BCUT2D eigenvalue weighted by Crippen LogP contribution is -2.24. The summed E-state index contributed by atoms with van der Waals surface area (Å²) in [6.45, 7) is 3.69. The topological polar surface area (TPSA) is 86.6 Å². The highest BCUT2D eigenvalue weighted by atomic mass is 16.5. The molecule has 0 spiro atoms. The van der Waals surface area contributed by atoms with Gasteiger partial charge in [-0.1, -0.05) is 0 Å². The van der Waals surface area contributed by atoms with Crippen LogP contribution in [0.4, 0.5) is 0 Å². The molecule has 0 amide bonds. The number of methoxy groups -OCH3 is 1. The molecule has 8 nitrogen and oxygen atoms in total. The molecule has 8 heteroatoms. The number of aliphatic hydroxyl groups excluding tert-OH is 1. The first-order chi connectivity index (χ1) is 12.5. The summed E-state index contributed by atoms with van der Waals surface area (Å²) in [4.78, 5) is 19.3. The molecule has 2 N–H and O–H groups in total. The summed E-state index contributed by atoms with van der Waals surface area (Å²) < 4.78 is 7.00. The molecule has 0 fully saturated rings. The Bertz CT molecular complexity index is 798. The Kier molecular flexibility index (Phi) is 5.75. The van der Waals surface area contributed by atoms with Gasteiger partial charge in [-0.15, -0.1) is 0 Å². The molecule has 0 aromatic carbocycles. The number of ether oxygens (including phenoxy) is 1. The van der Waals surface area contributed by atoms with Gasteiger partial charge in [0.1, 0.15) is 6.10 Å². The minimum atomic E-state index is -0.587. The van der Waals surface area contributed by atoms with Crippen LogP contribution in [-0.4, -0.2) is 64.0 Å². The molecular formula is C18H27N5O3. The number of fused-ring (bicyclic) bond motifs is 1. The number of aryl methyl sites for hydroxylation is 1. The molecule has 1 aliphatic heterocycles. The van der Waals surface area contributed by atoms with E-state index in [1.807, 2.05) is 29.7 Å². The Labute approximate surface area is 153 Å². The van der Waals surface area contributed by atoms with Gasteiger partial charge in [-0.05, 0) is 26.6 Å². The van der Waals surface area contributed by atoms with Crippen LogP contribution in [0.3, 0.4) is 0 Å². The van der Waals surface area contributed by atoms with Gasteiger partial charge in [-0.25, -0.2) is 0 Å². The summed E-state index contributed by atoms with van der Waals surface area (Å²) in [5.41, 5.74) is 2.55. The zero-order valence-corrected chi connectivity index (χ0v) is 15.6. The number of aromatic nitrogens is 3. The van der Waals surface area contributed by atoms with E-state index < -0.39 is 6.10 Å². The molecule has 1 aliphatic rings. The lowest BCUT2D eigenvalue weighted by Gasteiger charge is -2.19. The van der Waals surface area contributed by atoms with Crippen molar-refractivity contribution >= 4 is 0 Å². The summed E-state index contributed by atoms with van der Waals surface area (Å²) in [5, 5.41) is 14.9. The van der Waals surface area contributed by atoms with E-state index in [2.05, 4.69) is 15.0 Å². The Hall–Kier alpha value is -2.16. The smallest absolute Gasteiger partial charge is 0.223 e. The number of hydrogen-bond acceptors (Lipinski definition) is 6. The average Bonchev–Trinajstić information content (AvgIpc) is 2.88. The van der Waals surface area contributed by atoms with E-state index in [0.29, 0.717) is 24.5 Å². The first-order valence-corrected chi connectivity index (χ1v) is 8.83. The number of rotatable bonds is 6. The number of nitrogens with one attached hydrogen (secondary N) is 1. The third-order valence-electron chi connectivity index (χ3n) is 4.54. The lowest BCUT2D eigenvalue weighted by atomic mass is 10.2. The van der Waals surface area contributed by atoms with Gasteiger partial charge in [0.25, 0.3) is 0 Å². The van der Waals surface area contributed by atoms with Crippen molar-refractivity contribution in [2.45, 2.75) is 32.2 Å². The second-order valence-corrected chi connectivity index (χ2v) is 7.02. The highest BCUT2D eigenvalue weighted by Crippen LogP contribution is 2.19. The fraction of sp³-hybridized carbons (Fsp3) is 0.556. The average molecular weight is 361 g/mol. The highest BCUT2D eigenvalue weighted by Gasteiger charge is 2.20. The summed E-state index contributed by atoms with van der Waals surface area (Å²) in [6.07, 6.45) is 1.99. The first kappa shape index (κ1) is 18.6. The maximum Gasteiger partial charge on any atom is 0.223 e. The number of likely N-dealkylation sites (N-methyl/N-ethyl adjacent to an activating group) is 1. The summed E-state index contributed by atoms with van der Waals surface area (Å²) in [6, 6.07) is 3.58. The van der Waals surface area contributed by atoms with Gasteiger partial charge < -0.3 is 19.7 Å². The molecule has 142 valence electrons. The van der Waals surface area contributed by atoms with E-state index in [4.69, 9.17) is 4.74 Å². The van der Waals surface area contributed by atoms with Gasteiger partial charge in [-0.2, -0.15) is 5.10 Å².